The number of ether oxygens (including phenoxy) is 1. The summed E-state index contributed by atoms with van der Waals surface area (Å²) in [6.07, 6.45) is 3.23. The molecule has 0 bridgehead atoms. The van der Waals surface area contributed by atoms with Crippen molar-refractivity contribution in [3.63, 3.8) is 0 Å². The topological polar surface area (TPSA) is 34.1 Å². The van der Waals surface area contributed by atoms with Crippen LogP contribution in [0.15, 0.2) is 24.3 Å². The van der Waals surface area contributed by atoms with Crippen LogP contribution in [-0.4, -0.2) is 18.6 Å². The van der Waals surface area contributed by atoms with Gasteiger partial charge in [-0.1, -0.05) is 31.5 Å². The van der Waals surface area contributed by atoms with Crippen LogP contribution in [0.5, 0.6) is 5.75 Å². The number of hydrogen-bond acceptors (Lipinski definition) is 4. The predicted octanol–water partition coefficient (Wildman–Crippen LogP) is 3.73. The number of fused-ring (bicyclic) bond motifs is 1. The van der Waals surface area contributed by atoms with Crippen molar-refractivity contribution in [1.82, 2.24) is 10.3 Å². The Morgan fingerprint density at radius 3 is 3.05 bits per heavy atom. The first-order valence-corrected chi connectivity index (χ1v) is 8.50. The molecule has 112 valence electrons. The lowest BCUT2D eigenvalue weighted by Gasteiger charge is -2.24. The third-order valence-corrected chi connectivity index (χ3v) is 5.09. The molecule has 4 heteroatoms. The molecule has 1 unspecified atom stereocenters. The molecule has 1 aromatic heterocycles. The maximum Gasteiger partial charge on any atom is 0.123 e. The zero-order valence-corrected chi connectivity index (χ0v) is 13.5. The quantitative estimate of drug-likeness (QED) is 0.914. The largest absolute Gasteiger partial charge is 0.493 e. The Kier molecular flexibility index (Phi) is 4.56. The van der Waals surface area contributed by atoms with Crippen molar-refractivity contribution in [3.05, 3.63) is 45.4 Å². The fourth-order valence-electron chi connectivity index (χ4n) is 2.88. The Labute approximate surface area is 130 Å². The molecule has 0 saturated carbocycles. The molecule has 0 amide bonds. The second kappa shape index (κ2) is 6.58. The van der Waals surface area contributed by atoms with E-state index in [2.05, 4.69) is 30.4 Å². The van der Waals surface area contributed by atoms with Gasteiger partial charge in [-0.3, -0.25) is 0 Å². The van der Waals surface area contributed by atoms with Gasteiger partial charge in [-0.15, -0.1) is 11.3 Å². The molecule has 0 saturated heterocycles. The minimum absolute atomic E-state index is 0.390. The van der Waals surface area contributed by atoms with Crippen LogP contribution in [0.2, 0.25) is 0 Å². The van der Waals surface area contributed by atoms with E-state index in [0.717, 1.165) is 38.2 Å². The molecule has 3 nitrogen and oxygen atoms in total. The monoisotopic (exact) mass is 302 g/mol. The van der Waals surface area contributed by atoms with Crippen molar-refractivity contribution in [3.8, 4) is 5.75 Å². The van der Waals surface area contributed by atoms with Gasteiger partial charge in [0.1, 0.15) is 10.8 Å². The fourth-order valence-corrected chi connectivity index (χ4v) is 4.16. The third-order valence-electron chi connectivity index (χ3n) is 3.88. The highest BCUT2D eigenvalue weighted by Crippen LogP contribution is 2.40. The summed E-state index contributed by atoms with van der Waals surface area (Å²) in [6.45, 7) is 3.91. The summed E-state index contributed by atoms with van der Waals surface area (Å²) in [5, 5.41) is 4.51. The summed E-state index contributed by atoms with van der Waals surface area (Å²) in [5.74, 6) is 1.41. The summed E-state index contributed by atoms with van der Waals surface area (Å²) in [6, 6.07) is 8.38. The molecule has 1 aliphatic rings. The zero-order chi connectivity index (χ0) is 14.7. The van der Waals surface area contributed by atoms with E-state index >= 15 is 0 Å². The number of hydrogen-bond donors (Lipinski definition) is 1. The smallest absolute Gasteiger partial charge is 0.123 e. The van der Waals surface area contributed by atoms with Crippen LogP contribution < -0.4 is 10.1 Å². The Morgan fingerprint density at radius 1 is 1.38 bits per heavy atom. The molecule has 2 heterocycles. The highest BCUT2D eigenvalue weighted by Gasteiger charge is 2.26. The Balaban J connectivity index is 1.95. The van der Waals surface area contributed by atoms with Crippen molar-refractivity contribution < 1.29 is 4.74 Å². The summed E-state index contributed by atoms with van der Waals surface area (Å²) >= 11 is 1.86. The minimum atomic E-state index is 0.390. The van der Waals surface area contributed by atoms with Gasteiger partial charge in [-0.05, 0) is 26.0 Å². The van der Waals surface area contributed by atoms with E-state index in [1.807, 2.05) is 24.5 Å². The number of aromatic nitrogens is 1. The number of benzene rings is 1. The van der Waals surface area contributed by atoms with E-state index in [1.165, 1.54) is 21.1 Å². The average Bonchev–Trinajstić information content (AvgIpc) is 2.90. The van der Waals surface area contributed by atoms with Gasteiger partial charge < -0.3 is 10.1 Å². The Morgan fingerprint density at radius 2 is 2.24 bits per heavy atom. The molecule has 1 aliphatic heterocycles. The molecule has 1 atom stereocenters. The van der Waals surface area contributed by atoms with Crippen LogP contribution in [0.3, 0.4) is 0 Å². The van der Waals surface area contributed by atoms with E-state index < -0.39 is 0 Å². The van der Waals surface area contributed by atoms with Crippen LogP contribution in [0.4, 0.5) is 0 Å². The van der Waals surface area contributed by atoms with E-state index in [4.69, 9.17) is 9.72 Å². The zero-order valence-electron chi connectivity index (χ0n) is 12.7. The van der Waals surface area contributed by atoms with Crippen molar-refractivity contribution >= 4 is 11.3 Å². The van der Waals surface area contributed by atoms with E-state index in [1.54, 1.807) is 0 Å². The molecule has 0 aliphatic carbocycles. The minimum Gasteiger partial charge on any atom is -0.493 e. The van der Waals surface area contributed by atoms with E-state index in [9.17, 15) is 0 Å². The maximum atomic E-state index is 5.77. The Hall–Kier alpha value is -1.39. The van der Waals surface area contributed by atoms with Gasteiger partial charge in [0.15, 0.2) is 0 Å². The van der Waals surface area contributed by atoms with Crippen LogP contribution in [0.25, 0.3) is 0 Å². The number of thiazole rings is 1. The standard InChI is InChI=1S/C17H22N2OS/c1-3-6-14-16(11-18-2)21-17(19-14)13-9-10-20-15-8-5-4-7-12(13)15/h4-5,7-8,13,18H,3,6,9-11H2,1-2H3. The van der Waals surface area contributed by atoms with Gasteiger partial charge in [0.05, 0.1) is 12.3 Å². The van der Waals surface area contributed by atoms with Gasteiger partial charge in [0.2, 0.25) is 0 Å². The number of rotatable bonds is 5. The number of aryl methyl sites for hydroxylation is 1. The van der Waals surface area contributed by atoms with Crippen molar-refractivity contribution in [2.75, 3.05) is 13.7 Å². The van der Waals surface area contributed by atoms with Crippen molar-refractivity contribution in [2.45, 2.75) is 38.6 Å². The first-order chi connectivity index (χ1) is 10.3. The third kappa shape index (κ3) is 2.97. The second-order valence-electron chi connectivity index (χ2n) is 5.43. The van der Waals surface area contributed by atoms with Gasteiger partial charge in [-0.25, -0.2) is 4.98 Å². The second-order valence-corrected chi connectivity index (χ2v) is 6.55. The van der Waals surface area contributed by atoms with Crippen molar-refractivity contribution in [1.29, 1.82) is 0 Å². The SMILES string of the molecule is CCCc1nc(C2CCOc3ccccc32)sc1CNC. The van der Waals surface area contributed by atoms with Gasteiger partial charge in [-0.2, -0.15) is 0 Å². The maximum absolute atomic E-state index is 5.77. The molecule has 0 fully saturated rings. The first kappa shape index (κ1) is 14.5. The van der Waals surface area contributed by atoms with Crippen LogP contribution in [0, 0.1) is 0 Å². The average molecular weight is 302 g/mol. The summed E-state index contributed by atoms with van der Waals surface area (Å²) < 4.78 is 5.77. The van der Waals surface area contributed by atoms with Crippen LogP contribution >= 0.6 is 11.3 Å². The first-order valence-electron chi connectivity index (χ1n) is 7.68. The number of para-hydroxylation sites is 1. The number of nitrogens with one attached hydrogen (secondary N) is 1. The lowest BCUT2D eigenvalue weighted by atomic mass is 9.94. The molecule has 1 N–H and O–H groups in total. The normalized spacial score (nSPS) is 17.3. The van der Waals surface area contributed by atoms with E-state index in [-0.39, 0.29) is 0 Å². The number of nitrogens with zero attached hydrogens (tertiary/aromatic N) is 1. The fraction of sp³-hybridized carbons (Fsp3) is 0.471. The predicted molar refractivity (Wildman–Crippen MR) is 87.3 cm³/mol. The molecular formula is C17H22N2OS. The van der Waals surface area contributed by atoms with Crippen LogP contribution in [-0.2, 0) is 13.0 Å². The summed E-state index contributed by atoms with van der Waals surface area (Å²) in [4.78, 5) is 6.35. The molecule has 0 radical (unpaired) electrons. The van der Waals surface area contributed by atoms with Gasteiger partial charge in [0, 0.05) is 22.9 Å². The van der Waals surface area contributed by atoms with Crippen LogP contribution in [0.1, 0.15) is 46.8 Å². The molecular weight excluding hydrogens is 280 g/mol. The van der Waals surface area contributed by atoms with Gasteiger partial charge >= 0.3 is 0 Å². The Bertz CT molecular complexity index is 585. The summed E-state index contributed by atoms with van der Waals surface area (Å²) in [5.41, 5.74) is 2.56. The molecule has 0 spiro atoms. The lowest BCUT2D eigenvalue weighted by Crippen LogP contribution is -2.14. The lowest BCUT2D eigenvalue weighted by molar-refractivity contribution is 0.277. The van der Waals surface area contributed by atoms with E-state index in [0.29, 0.717) is 5.92 Å². The molecule has 21 heavy (non-hydrogen) atoms. The molecule has 2 aromatic rings. The van der Waals surface area contributed by atoms with Gasteiger partial charge in [0.25, 0.3) is 0 Å². The highest BCUT2D eigenvalue weighted by molar-refractivity contribution is 7.11. The summed E-state index contributed by atoms with van der Waals surface area (Å²) in [7, 11) is 2.00. The molecule has 1 aromatic carbocycles. The van der Waals surface area contributed by atoms with Crippen molar-refractivity contribution in [2.24, 2.45) is 0 Å². The molecule has 3 rings (SSSR count). The highest BCUT2D eigenvalue weighted by atomic mass is 32.1.